The number of carbonyl (C=O) groups excluding carboxylic acids is 1. The summed E-state index contributed by atoms with van der Waals surface area (Å²) in [5, 5.41) is 2.70. The van der Waals surface area contributed by atoms with Crippen LogP contribution in [0.4, 0.5) is 5.69 Å². The van der Waals surface area contributed by atoms with Gasteiger partial charge in [-0.3, -0.25) is 4.79 Å². The van der Waals surface area contributed by atoms with Gasteiger partial charge in [0.05, 0.1) is 5.69 Å². The Hall–Kier alpha value is -1.60. The molecule has 21 heavy (non-hydrogen) atoms. The number of rotatable bonds is 6. The predicted molar refractivity (Wildman–Crippen MR) is 83.4 cm³/mol. The molecular formula is C14H23N3O3S. The van der Waals surface area contributed by atoms with E-state index < -0.39 is 10.0 Å². The maximum Gasteiger partial charge on any atom is 0.242 e. The van der Waals surface area contributed by atoms with E-state index in [4.69, 9.17) is 5.73 Å². The molecule has 0 saturated carbocycles. The van der Waals surface area contributed by atoms with Crippen LogP contribution in [-0.4, -0.2) is 26.9 Å². The first-order valence-electron chi connectivity index (χ1n) is 6.79. The van der Waals surface area contributed by atoms with Crippen LogP contribution in [0.3, 0.4) is 0 Å². The summed E-state index contributed by atoms with van der Waals surface area (Å²) < 4.78 is 26.8. The minimum absolute atomic E-state index is 0.0319. The van der Waals surface area contributed by atoms with Crippen LogP contribution in [0.25, 0.3) is 0 Å². The quantitative estimate of drug-likeness (QED) is 0.684. The molecule has 4 N–H and O–H groups in total. The van der Waals surface area contributed by atoms with E-state index in [0.29, 0.717) is 0 Å². The Bertz CT molecular complexity index is 625. The molecule has 0 aliphatic heterocycles. The number of sulfonamides is 1. The Morgan fingerprint density at radius 3 is 2.38 bits per heavy atom. The van der Waals surface area contributed by atoms with Crippen molar-refractivity contribution >= 4 is 21.6 Å². The second kappa shape index (κ2) is 6.91. The molecule has 0 unspecified atom stereocenters. The monoisotopic (exact) mass is 313 g/mol. The number of amides is 1. The summed E-state index contributed by atoms with van der Waals surface area (Å²) in [6.07, 6.45) is 0.0855. The zero-order valence-electron chi connectivity index (χ0n) is 12.9. The fourth-order valence-electron chi connectivity index (χ4n) is 1.82. The first-order chi connectivity index (χ1) is 9.63. The second-order valence-electron chi connectivity index (χ2n) is 5.34. The van der Waals surface area contributed by atoms with E-state index in [1.165, 1.54) is 0 Å². The number of carbonyl (C=O) groups is 1. The summed E-state index contributed by atoms with van der Waals surface area (Å²) in [5.41, 5.74) is 7.76. The third kappa shape index (κ3) is 5.02. The van der Waals surface area contributed by atoms with Gasteiger partial charge in [-0.25, -0.2) is 13.1 Å². The van der Waals surface area contributed by atoms with Crippen molar-refractivity contribution < 1.29 is 13.2 Å². The van der Waals surface area contributed by atoms with Crippen LogP contribution in [0.15, 0.2) is 17.0 Å². The SMILES string of the molecule is Cc1cc(N)c(S(=O)(=O)NCCC(=O)NC(C)C)cc1C. The van der Waals surface area contributed by atoms with Gasteiger partial charge >= 0.3 is 0 Å². The van der Waals surface area contributed by atoms with Crippen molar-refractivity contribution in [2.75, 3.05) is 12.3 Å². The number of nitrogens with one attached hydrogen (secondary N) is 2. The number of hydrogen-bond donors (Lipinski definition) is 3. The number of nitrogens with two attached hydrogens (primary N) is 1. The molecule has 7 heteroatoms. The molecule has 1 amide bonds. The highest BCUT2D eigenvalue weighted by atomic mass is 32.2. The van der Waals surface area contributed by atoms with E-state index in [2.05, 4.69) is 10.0 Å². The molecule has 0 saturated heterocycles. The van der Waals surface area contributed by atoms with Gasteiger partial charge in [-0.05, 0) is 51.0 Å². The smallest absolute Gasteiger partial charge is 0.242 e. The van der Waals surface area contributed by atoms with Crippen molar-refractivity contribution in [1.82, 2.24) is 10.0 Å². The van der Waals surface area contributed by atoms with Crippen molar-refractivity contribution in [3.05, 3.63) is 23.3 Å². The molecule has 1 rings (SSSR count). The largest absolute Gasteiger partial charge is 0.398 e. The predicted octanol–water partition coefficient (Wildman–Crippen LogP) is 1.08. The lowest BCUT2D eigenvalue weighted by atomic mass is 10.1. The third-order valence-electron chi connectivity index (χ3n) is 3.01. The van der Waals surface area contributed by atoms with Crippen molar-refractivity contribution in [3.8, 4) is 0 Å². The van der Waals surface area contributed by atoms with Gasteiger partial charge in [0, 0.05) is 19.0 Å². The minimum Gasteiger partial charge on any atom is -0.398 e. The van der Waals surface area contributed by atoms with Crippen molar-refractivity contribution in [3.63, 3.8) is 0 Å². The highest BCUT2D eigenvalue weighted by Crippen LogP contribution is 2.22. The first kappa shape index (κ1) is 17.5. The van der Waals surface area contributed by atoms with Gasteiger partial charge in [-0.1, -0.05) is 0 Å². The van der Waals surface area contributed by atoms with Crippen LogP contribution in [0.1, 0.15) is 31.4 Å². The normalized spacial score (nSPS) is 11.7. The molecule has 0 aliphatic carbocycles. The lowest BCUT2D eigenvalue weighted by molar-refractivity contribution is -0.121. The summed E-state index contributed by atoms with van der Waals surface area (Å²) in [6, 6.07) is 3.21. The van der Waals surface area contributed by atoms with Crippen LogP contribution in [0.5, 0.6) is 0 Å². The van der Waals surface area contributed by atoms with E-state index in [-0.39, 0.29) is 35.5 Å². The highest BCUT2D eigenvalue weighted by molar-refractivity contribution is 7.89. The lowest BCUT2D eigenvalue weighted by Gasteiger charge is -2.12. The van der Waals surface area contributed by atoms with Crippen LogP contribution < -0.4 is 15.8 Å². The fourth-order valence-corrected chi connectivity index (χ4v) is 3.04. The van der Waals surface area contributed by atoms with Crippen molar-refractivity contribution in [1.29, 1.82) is 0 Å². The number of nitrogen functional groups attached to an aromatic ring is 1. The Morgan fingerprint density at radius 2 is 1.81 bits per heavy atom. The Labute approximate surface area is 126 Å². The van der Waals surface area contributed by atoms with E-state index in [1.807, 2.05) is 27.7 Å². The molecule has 6 nitrogen and oxygen atoms in total. The molecule has 118 valence electrons. The molecule has 0 atom stereocenters. The molecule has 0 radical (unpaired) electrons. The molecule has 0 spiro atoms. The maximum absolute atomic E-state index is 12.2. The van der Waals surface area contributed by atoms with E-state index >= 15 is 0 Å². The van der Waals surface area contributed by atoms with Crippen LogP contribution in [-0.2, 0) is 14.8 Å². The molecule has 0 aliphatic rings. The van der Waals surface area contributed by atoms with Crippen molar-refractivity contribution in [2.24, 2.45) is 0 Å². The summed E-state index contributed by atoms with van der Waals surface area (Å²) in [6.45, 7) is 7.42. The van der Waals surface area contributed by atoms with Gasteiger partial charge in [-0.15, -0.1) is 0 Å². The Kier molecular flexibility index (Phi) is 5.74. The summed E-state index contributed by atoms with van der Waals surface area (Å²) in [7, 11) is -3.71. The summed E-state index contributed by atoms with van der Waals surface area (Å²) in [4.78, 5) is 11.5. The standard InChI is InChI=1S/C14H23N3O3S/c1-9(2)17-14(18)5-6-16-21(19,20)13-8-11(4)10(3)7-12(13)15/h7-9,16H,5-6,15H2,1-4H3,(H,17,18). The van der Waals surface area contributed by atoms with Gasteiger partial charge in [0.25, 0.3) is 0 Å². The third-order valence-corrected chi connectivity index (χ3v) is 4.53. The lowest BCUT2D eigenvalue weighted by Crippen LogP contribution is -2.34. The zero-order valence-corrected chi connectivity index (χ0v) is 13.7. The maximum atomic E-state index is 12.2. The van der Waals surface area contributed by atoms with Gasteiger partial charge < -0.3 is 11.1 Å². The average Bonchev–Trinajstić information content (AvgIpc) is 2.32. The number of benzene rings is 1. The van der Waals surface area contributed by atoms with Crippen LogP contribution >= 0.6 is 0 Å². The summed E-state index contributed by atoms with van der Waals surface area (Å²) >= 11 is 0. The first-order valence-corrected chi connectivity index (χ1v) is 8.27. The Balaban J connectivity index is 2.75. The molecule has 0 heterocycles. The molecule has 1 aromatic rings. The molecule has 0 bridgehead atoms. The van der Waals surface area contributed by atoms with Crippen molar-refractivity contribution in [2.45, 2.75) is 45.1 Å². The number of anilines is 1. The van der Waals surface area contributed by atoms with E-state index in [9.17, 15) is 13.2 Å². The van der Waals surface area contributed by atoms with Crippen LogP contribution in [0, 0.1) is 13.8 Å². The summed E-state index contributed by atoms with van der Waals surface area (Å²) in [5.74, 6) is -0.194. The second-order valence-corrected chi connectivity index (χ2v) is 7.08. The zero-order chi connectivity index (χ0) is 16.2. The molecular weight excluding hydrogens is 290 g/mol. The minimum atomic E-state index is -3.71. The topological polar surface area (TPSA) is 101 Å². The van der Waals surface area contributed by atoms with Gasteiger partial charge in [0.2, 0.25) is 15.9 Å². The number of hydrogen-bond acceptors (Lipinski definition) is 4. The van der Waals surface area contributed by atoms with Crippen LogP contribution in [0.2, 0.25) is 0 Å². The van der Waals surface area contributed by atoms with Gasteiger partial charge in [-0.2, -0.15) is 0 Å². The molecule has 1 aromatic carbocycles. The number of aryl methyl sites for hydroxylation is 2. The van der Waals surface area contributed by atoms with Gasteiger partial charge in [0.1, 0.15) is 4.90 Å². The molecule has 0 fully saturated rings. The average molecular weight is 313 g/mol. The molecule has 0 aromatic heterocycles. The Morgan fingerprint density at radius 1 is 1.24 bits per heavy atom. The van der Waals surface area contributed by atoms with E-state index in [1.54, 1.807) is 12.1 Å². The van der Waals surface area contributed by atoms with Gasteiger partial charge in [0.15, 0.2) is 0 Å². The van der Waals surface area contributed by atoms with E-state index in [0.717, 1.165) is 11.1 Å². The fraction of sp³-hybridized carbons (Fsp3) is 0.500. The highest BCUT2D eigenvalue weighted by Gasteiger charge is 2.18.